The van der Waals surface area contributed by atoms with Crippen molar-refractivity contribution < 1.29 is 4.39 Å². The summed E-state index contributed by atoms with van der Waals surface area (Å²) in [5, 5.41) is 0. The summed E-state index contributed by atoms with van der Waals surface area (Å²) in [5.74, 6) is 0. The van der Waals surface area contributed by atoms with Gasteiger partial charge >= 0.3 is 0 Å². The predicted molar refractivity (Wildman–Crippen MR) is 50.6 cm³/mol. The summed E-state index contributed by atoms with van der Waals surface area (Å²) in [4.78, 5) is 0. The smallest absolute Gasteiger partial charge is 0.112 e. The van der Waals surface area contributed by atoms with Crippen molar-refractivity contribution in [2.45, 2.75) is 60.6 Å². The van der Waals surface area contributed by atoms with Crippen LogP contribution < -0.4 is 0 Å². The lowest BCUT2D eigenvalue weighted by molar-refractivity contribution is 0.0446. The molecule has 11 heavy (non-hydrogen) atoms. The average molecular weight is 162 g/mol. The van der Waals surface area contributed by atoms with Crippen LogP contribution in [0.1, 0.15) is 54.9 Å². The topological polar surface area (TPSA) is 0 Å². The van der Waals surface area contributed by atoms with Gasteiger partial charge in [-0.1, -0.05) is 41.5 Å². The summed E-state index contributed by atoms with van der Waals surface area (Å²) in [5.41, 5.74) is -1.24. The van der Waals surface area contributed by atoms with Gasteiger partial charge in [-0.05, 0) is 18.8 Å². The Kier molecular flexibility index (Phi) is 5.82. The molecule has 0 aliphatic heterocycles. The number of rotatable bonds is 1. The van der Waals surface area contributed by atoms with Crippen molar-refractivity contribution in [3.05, 3.63) is 0 Å². The van der Waals surface area contributed by atoms with Crippen molar-refractivity contribution in [1.82, 2.24) is 0 Å². The van der Waals surface area contributed by atoms with Crippen molar-refractivity contribution in [2.75, 3.05) is 0 Å². The Morgan fingerprint density at radius 1 is 1.00 bits per heavy atom. The van der Waals surface area contributed by atoms with E-state index >= 15 is 0 Å². The van der Waals surface area contributed by atoms with E-state index in [-0.39, 0.29) is 5.41 Å². The molecule has 70 valence electrons. The Morgan fingerprint density at radius 2 is 1.27 bits per heavy atom. The zero-order chi connectivity index (χ0) is 9.71. The largest absolute Gasteiger partial charge is 0.244 e. The molecule has 0 aliphatic carbocycles. The minimum absolute atomic E-state index is 0.220. The maximum Gasteiger partial charge on any atom is 0.112 e. The average Bonchev–Trinajstić information content (AvgIpc) is 1.90. The van der Waals surface area contributed by atoms with Gasteiger partial charge in [0.15, 0.2) is 0 Å². The molecule has 0 aromatic carbocycles. The van der Waals surface area contributed by atoms with Crippen molar-refractivity contribution >= 4 is 0 Å². The molecule has 0 aliphatic rings. The van der Waals surface area contributed by atoms with E-state index in [0.717, 1.165) is 0 Å². The van der Waals surface area contributed by atoms with Crippen LogP contribution >= 0.6 is 0 Å². The summed E-state index contributed by atoms with van der Waals surface area (Å²) in [6.07, 6.45) is 0.594. The van der Waals surface area contributed by atoms with Gasteiger partial charge in [0.05, 0.1) is 0 Å². The standard InChI is InChI=1S/C8H17F.C2H6/c1-6-8(5,9)7(2,3)4;1-2/h6H2,1-5H3;1-2H3. The molecule has 0 amide bonds. The highest BCUT2D eigenvalue weighted by Crippen LogP contribution is 2.35. The molecule has 0 saturated heterocycles. The molecule has 1 heteroatoms. The third-order valence-electron chi connectivity index (χ3n) is 2.23. The normalized spacial score (nSPS) is 16.4. The van der Waals surface area contributed by atoms with Crippen molar-refractivity contribution in [2.24, 2.45) is 5.41 Å². The molecule has 0 bridgehead atoms. The molecule has 0 aromatic rings. The molecule has 0 radical (unpaired) electrons. The van der Waals surface area contributed by atoms with E-state index in [1.807, 2.05) is 41.5 Å². The van der Waals surface area contributed by atoms with Crippen LogP contribution in [0, 0.1) is 5.41 Å². The Morgan fingerprint density at radius 3 is 1.27 bits per heavy atom. The lowest BCUT2D eigenvalue weighted by Crippen LogP contribution is -2.34. The molecule has 0 aromatic heterocycles. The zero-order valence-electron chi connectivity index (χ0n) is 9.09. The first-order chi connectivity index (χ1) is 4.81. The fraction of sp³-hybridized carbons (Fsp3) is 1.00. The second kappa shape index (κ2) is 4.74. The van der Waals surface area contributed by atoms with E-state index in [4.69, 9.17) is 0 Å². The number of halogens is 1. The molecule has 0 nitrogen and oxygen atoms in total. The van der Waals surface area contributed by atoms with Crippen LogP contribution in [-0.2, 0) is 0 Å². The van der Waals surface area contributed by atoms with Gasteiger partial charge in [-0.15, -0.1) is 0 Å². The number of hydrogen-bond donors (Lipinski definition) is 0. The van der Waals surface area contributed by atoms with Gasteiger partial charge in [-0.3, -0.25) is 0 Å². The summed E-state index contributed by atoms with van der Waals surface area (Å²) in [6, 6.07) is 0. The number of alkyl halides is 1. The molecule has 0 fully saturated rings. The molecule has 1 unspecified atom stereocenters. The molecule has 1 atom stereocenters. The Balaban J connectivity index is 0. The Bertz CT molecular complexity index is 87.5. The Hall–Kier alpha value is -0.0700. The molecule has 0 heterocycles. The van der Waals surface area contributed by atoms with Gasteiger partial charge in [0.2, 0.25) is 0 Å². The highest BCUT2D eigenvalue weighted by Gasteiger charge is 2.35. The van der Waals surface area contributed by atoms with Crippen LogP contribution in [0.15, 0.2) is 0 Å². The Labute approximate surface area is 71.2 Å². The lowest BCUT2D eigenvalue weighted by Gasteiger charge is -2.33. The summed E-state index contributed by atoms with van der Waals surface area (Å²) in [6.45, 7) is 13.3. The van der Waals surface area contributed by atoms with E-state index in [9.17, 15) is 4.39 Å². The predicted octanol–water partition coefficient (Wildman–Crippen LogP) is 4.20. The van der Waals surface area contributed by atoms with Crippen LogP contribution in [0.4, 0.5) is 4.39 Å². The SMILES string of the molecule is CC.CCC(C)(F)C(C)(C)C. The quantitative estimate of drug-likeness (QED) is 0.542. The van der Waals surface area contributed by atoms with E-state index in [2.05, 4.69) is 0 Å². The minimum atomic E-state index is -1.02. The molecule has 0 N–H and O–H groups in total. The van der Waals surface area contributed by atoms with Gasteiger partial charge in [-0.2, -0.15) is 0 Å². The van der Waals surface area contributed by atoms with E-state index in [1.54, 1.807) is 6.92 Å². The zero-order valence-corrected chi connectivity index (χ0v) is 9.09. The minimum Gasteiger partial charge on any atom is -0.244 e. The van der Waals surface area contributed by atoms with Gasteiger partial charge in [0, 0.05) is 0 Å². The maximum atomic E-state index is 13.3. The molecular formula is C10H23F. The third kappa shape index (κ3) is 4.39. The number of hydrogen-bond acceptors (Lipinski definition) is 0. The summed E-state index contributed by atoms with van der Waals surface area (Å²) in [7, 11) is 0. The first kappa shape index (κ1) is 13.5. The monoisotopic (exact) mass is 162 g/mol. The first-order valence-corrected chi connectivity index (χ1v) is 4.50. The first-order valence-electron chi connectivity index (χ1n) is 4.50. The fourth-order valence-corrected chi connectivity index (χ4v) is 0.530. The molecule has 0 rings (SSSR count). The van der Waals surface area contributed by atoms with Crippen molar-refractivity contribution in [3.8, 4) is 0 Å². The van der Waals surface area contributed by atoms with E-state index in [0.29, 0.717) is 6.42 Å². The maximum absolute atomic E-state index is 13.3. The van der Waals surface area contributed by atoms with Crippen molar-refractivity contribution in [3.63, 3.8) is 0 Å². The van der Waals surface area contributed by atoms with E-state index in [1.165, 1.54) is 0 Å². The van der Waals surface area contributed by atoms with Gasteiger partial charge in [-0.25, -0.2) is 4.39 Å². The molecule has 0 saturated carbocycles. The highest BCUT2D eigenvalue weighted by molar-refractivity contribution is 4.84. The van der Waals surface area contributed by atoms with E-state index < -0.39 is 5.67 Å². The van der Waals surface area contributed by atoms with Gasteiger partial charge in [0.25, 0.3) is 0 Å². The van der Waals surface area contributed by atoms with Crippen LogP contribution in [0.25, 0.3) is 0 Å². The van der Waals surface area contributed by atoms with Gasteiger partial charge < -0.3 is 0 Å². The van der Waals surface area contributed by atoms with Crippen LogP contribution in [-0.4, -0.2) is 5.67 Å². The van der Waals surface area contributed by atoms with Crippen molar-refractivity contribution in [1.29, 1.82) is 0 Å². The highest BCUT2D eigenvalue weighted by atomic mass is 19.1. The molecular weight excluding hydrogens is 139 g/mol. The van der Waals surface area contributed by atoms with Crippen LogP contribution in [0.5, 0.6) is 0 Å². The summed E-state index contributed by atoms with van der Waals surface area (Å²) < 4.78 is 13.3. The molecule has 0 spiro atoms. The van der Waals surface area contributed by atoms with Crippen LogP contribution in [0.2, 0.25) is 0 Å². The fourth-order valence-electron chi connectivity index (χ4n) is 0.530. The third-order valence-corrected chi connectivity index (χ3v) is 2.23. The summed E-state index contributed by atoms with van der Waals surface area (Å²) >= 11 is 0. The second-order valence-corrected chi connectivity index (χ2v) is 3.80. The lowest BCUT2D eigenvalue weighted by atomic mass is 9.78. The van der Waals surface area contributed by atoms with Crippen LogP contribution in [0.3, 0.4) is 0 Å². The second-order valence-electron chi connectivity index (χ2n) is 3.80. The van der Waals surface area contributed by atoms with Gasteiger partial charge in [0.1, 0.15) is 5.67 Å².